The second kappa shape index (κ2) is 70.1. The third-order valence-corrected chi connectivity index (χ3v) is 16.7. The molecule has 0 aromatic heterocycles. The number of hydrogen-bond acceptors (Lipinski definition) is 6. The molecule has 1 atom stereocenters. The molecule has 0 saturated carbocycles. The van der Waals surface area contributed by atoms with Gasteiger partial charge in [0.1, 0.15) is 13.2 Å². The van der Waals surface area contributed by atoms with Crippen LogP contribution in [0.5, 0.6) is 0 Å². The summed E-state index contributed by atoms with van der Waals surface area (Å²) < 4.78 is 17.0. The van der Waals surface area contributed by atoms with E-state index in [1.54, 1.807) is 0 Å². The van der Waals surface area contributed by atoms with Gasteiger partial charge in [0.25, 0.3) is 0 Å². The molecule has 0 aromatic carbocycles. The van der Waals surface area contributed by atoms with Gasteiger partial charge in [-0.25, -0.2) is 0 Å². The summed E-state index contributed by atoms with van der Waals surface area (Å²) in [5, 5.41) is 0. The lowest BCUT2D eigenvalue weighted by Gasteiger charge is -2.18. The summed E-state index contributed by atoms with van der Waals surface area (Å²) in [5.41, 5.74) is 0. The Labute approximate surface area is 506 Å². The molecule has 0 heterocycles. The zero-order chi connectivity index (χ0) is 58.5. The summed E-state index contributed by atoms with van der Waals surface area (Å²) in [5.74, 6) is -0.877. The van der Waals surface area contributed by atoms with Crippen molar-refractivity contribution in [1.82, 2.24) is 0 Å². The summed E-state index contributed by atoms with van der Waals surface area (Å²) in [6.07, 6.45) is 87.8. The Hall–Kier alpha value is -2.37. The van der Waals surface area contributed by atoms with Crippen molar-refractivity contribution >= 4 is 17.9 Å². The molecule has 0 aliphatic heterocycles. The van der Waals surface area contributed by atoms with Crippen LogP contribution in [0.1, 0.15) is 406 Å². The molecule has 0 saturated heterocycles. The van der Waals surface area contributed by atoms with Crippen molar-refractivity contribution in [3.8, 4) is 0 Å². The SMILES string of the molecule is CC/C=C\C/C=C\C/C=C\CCCCCC(=O)OCC(COC(=O)CCCCCCCCCCCCCCCCCCCCCCCCCCCCCCCCCC)OC(=O)CCCCCCCCCCCCCCCCCCCC. The highest BCUT2D eigenvalue weighted by molar-refractivity contribution is 5.71. The van der Waals surface area contributed by atoms with E-state index in [-0.39, 0.29) is 31.1 Å². The maximum atomic E-state index is 12.9. The fourth-order valence-electron chi connectivity index (χ4n) is 11.2. The van der Waals surface area contributed by atoms with E-state index in [1.807, 2.05) is 0 Å². The van der Waals surface area contributed by atoms with Gasteiger partial charge in [0.05, 0.1) is 0 Å². The molecular formula is C75H140O6. The number of carbonyl (C=O) groups excluding carboxylic acids is 3. The Morgan fingerprint density at radius 1 is 0.259 bits per heavy atom. The van der Waals surface area contributed by atoms with Crippen LogP contribution in [-0.4, -0.2) is 37.2 Å². The molecule has 81 heavy (non-hydrogen) atoms. The Kier molecular flexibility index (Phi) is 68.1. The van der Waals surface area contributed by atoms with E-state index in [0.717, 1.165) is 83.5 Å². The number of carbonyl (C=O) groups is 3. The fraction of sp³-hybridized carbons (Fsp3) is 0.880. The summed E-state index contributed by atoms with van der Waals surface area (Å²) >= 11 is 0. The molecule has 0 aliphatic carbocycles. The van der Waals surface area contributed by atoms with Gasteiger partial charge in [-0.05, 0) is 51.4 Å². The van der Waals surface area contributed by atoms with Crippen molar-refractivity contribution in [3.05, 3.63) is 36.5 Å². The van der Waals surface area contributed by atoms with Crippen LogP contribution in [0.4, 0.5) is 0 Å². The molecular weight excluding hydrogens is 997 g/mol. The molecule has 0 bridgehead atoms. The van der Waals surface area contributed by atoms with Crippen LogP contribution in [0.3, 0.4) is 0 Å². The minimum absolute atomic E-state index is 0.0758. The van der Waals surface area contributed by atoms with Gasteiger partial charge in [0.2, 0.25) is 0 Å². The topological polar surface area (TPSA) is 78.9 Å². The largest absolute Gasteiger partial charge is 0.462 e. The zero-order valence-corrected chi connectivity index (χ0v) is 54.8. The van der Waals surface area contributed by atoms with Gasteiger partial charge in [-0.1, -0.05) is 372 Å². The minimum Gasteiger partial charge on any atom is -0.462 e. The summed E-state index contributed by atoms with van der Waals surface area (Å²) in [4.78, 5) is 38.4. The van der Waals surface area contributed by atoms with Crippen molar-refractivity contribution in [2.45, 2.75) is 412 Å². The summed E-state index contributed by atoms with van der Waals surface area (Å²) in [7, 11) is 0. The van der Waals surface area contributed by atoms with Gasteiger partial charge >= 0.3 is 17.9 Å². The molecule has 0 amide bonds. The quantitative estimate of drug-likeness (QED) is 0.0261. The predicted octanol–water partition coefficient (Wildman–Crippen LogP) is 25.1. The number of esters is 3. The monoisotopic (exact) mass is 1140 g/mol. The maximum absolute atomic E-state index is 12.9. The summed E-state index contributed by atoms with van der Waals surface area (Å²) in [6.45, 7) is 6.58. The van der Waals surface area contributed by atoms with Gasteiger partial charge in [-0.3, -0.25) is 14.4 Å². The minimum atomic E-state index is -0.781. The van der Waals surface area contributed by atoms with Gasteiger partial charge in [-0.15, -0.1) is 0 Å². The first kappa shape index (κ1) is 78.6. The highest BCUT2D eigenvalue weighted by atomic mass is 16.6. The lowest BCUT2D eigenvalue weighted by molar-refractivity contribution is -0.167. The van der Waals surface area contributed by atoms with Crippen LogP contribution < -0.4 is 0 Å². The van der Waals surface area contributed by atoms with E-state index < -0.39 is 6.10 Å². The van der Waals surface area contributed by atoms with E-state index in [9.17, 15) is 14.4 Å². The number of allylic oxidation sites excluding steroid dienone is 6. The van der Waals surface area contributed by atoms with Crippen molar-refractivity contribution in [1.29, 1.82) is 0 Å². The first-order valence-corrected chi connectivity index (χ1v) is 36.5. The van der Waals surface area contributed by atoms with Crippen molar-refractivity contribution < 1.29 is 28.6 Å². The van der Waals surface area contributed by atoms with E-state index in [2.05, 4.69) is 57.2 Å². The first-order valence-electron chi connectivity index (χ1n) is 36.5. The van der Waals surface area contributed by atoms with Crippen LogP contribution in [0.25, 0.3) is 0 Å². The van der Waals surface area contributed by atoms with Crippen LogP contribution in [0.15, 0.2) is 36.5 Å². The Balaban J connectivity index is 4.11. The molecule has 0 fully saturated rings. The molecule has 0 aromatic rings. The molecule has 0 aliphatic rings. The third kappa shape index (κ3) is 68.3. The van der Waals surface area contributed by atoms with E-state index in [4.69, 9.17) is 14.2 Å². The predicted molar refractivity (Wildman–Crippen MR) is 353 cm³/mol. The fourth-order valence-corrected chi connectivity index (χ4v) is 11.2. The van der Waals surface area contributed by atoms with Gasteiger partial charge in [0.15, 0.2) is 6.10 Å². The maximum Gasteiger partial charge on any atom is 0.306 e. The van der Waals surface area contributed by atoms with Gasteiger partial charge < -0.3 is 14.2 Å². The molecule has 1 unspecified atom stereocenters. The molecule has 476 valence electrons. The second-order valence-electron chi connectivity index (χ2n) is 24.8. The standard InChI is InChI=1S/C75H140O6/c1-4-7-10-13-16-19-22-25-27-29-31-32-33-34-35-36-37-38-39-40-41-42-43-44-46-47-50-53-56-59-62-65-68-74(77)80-71-72(70-79-73(76)67-64-61-58-55-52-49-24-21-18-15-12-9-6-3)81-75(78)69-66-63-60-57-54-51-48-45-30-28-26-23-20-17-14-11-8-5-2/h9,12,18,21,49,52,72H,4-8,10-11,13-17,19-20,22-48,50-51,53-71H2,1-3H3/b12-9-,21-18-,52-49-. The lowest BCUT2D eigenvalue weighted by Crippen LogP contribution is -2.30. The zero-order valence-electron chi connectivity index (χ0n) is 54.8. The van der Waals surface area contributed by atoms with Crippen LogP contribution >= 0.6 is 0 Å². The van der Waals surface area contributed by atoms with Crippen molar-refractivity contribution in [2.75, 3.05) is 13.2 Å². The average molecular weight is 1140 g/mol. The van der Waals surface area contributed by atoms with Crippen LogP contribution in [-0.2, 0) is 28.6 Å². The Morgan fingerprint density at radius 2 is 0.481 bits per heavy atom. The van der Waals surface area contributed by atoms with Crippen molar-refractivity contribution in [2.24, 2.45) is 0 Å². The molecule has 0 N–H and O–H groups in total. The number of hydrogen-bond donors (Lipinski definition) is 0. The van der Waals surface area contributed by atoms with Crippen LogP contribution in [0.2, 0.25) is 0 Å². The van der Waals surface area contributed by atoms with Crippen LogP contribution in [0, 0.1) is 0 Å². The van der Waals surface area contributed by atoms with E-state index in [1.165, 1.54) is 283 Å². The molecule has 6 nitrogen and oxygen atoms in total. The molecule has 0 rings (SSSR count). The normalized spacial score (nSPS) is 12.2. The molecule has 0 spiro atoms. The van der Waals surface area contributed by atoms with E-state index in [0.29, 0.717) is 19.3 Å². The Bertz CT molecular complexity index is 1350. The number of rotatable bonds is 68. The highest BCUT2D eigenvalue weighted by Gasteiger charge is 2.19. The second-order valence-corrected chi connectivity index (χ2v) is 24.8. The Morgan fingerprint density at radius 3 is 0.753 bits per heavy atom. The summed E-state index contributed by atoms with van der Waals surface area (Å²) in [6, 6.07) is 0. The number of ether oxygens (including phenoxy) is 3. The lowest BCUT2D eigenvalue weighted by atomic mass is 10.0. The number of unbranched alkanes of at least 4 members (excludes halogenated alkanes) is 51. The highest BCUT2D eigenvalue weighted by Crippen LogP contribution is 2.19. The molecule has 0 radical (unpaired) electrons. The molecule has 6 heteroatoms. The smallest absolute Gasteiger partial charge is 0.306 e. The van der Waals surface area contributed by atoms with E-state index >= 15 is 0 Å². The van der Waals surface area contributed by atoms with Gasteiger partial charge in [-0.2, -0.15) is 0 Å². The third-order valence-electron chi connectivity index (χ3n) is 16.7. The average Bonchev–Trinajstić information content (AvgIpc) is 3.46. The van der Waals surface area contributed by atoms with Crippen molar-refractivity contribution in [3.63, 3.8) is 0 Å². The first-order chi connectivity index (χ1) is 40.0. The van der Waals surface area contributed by atoms with Gasteiger partial charge in [0, 0.05) is 19.3 Å².